The normalized spacial score (nSPS) is 15.5. The van der Waals surface area contributed by atoms with Crippen molar-refractivity contribution >= 4 is 21.7 Å². The van der Waals surface area contributed by atoms with Gasteiger partial charge in [-0.2, -0.15) is 8.42 Å². The summed E-state index contributed by atoms with van der Waals surface area (Å²) >= 11 is 0. The number of rotatable bonds is 2. The van der Waals surface area contributed by atoms with Crippen LogP contribution in [0.5, 0.6) is 0 Å². The van der Waals surface area contributed by atoms with E-state index >= 15 is 0 Å². The molecule has 0 aliphatic carbocycles. The molecule has 1 amide bonds. The van der Waals surface area contributed by atoms with Gasteiger partial charge in [0.15, 0.2) is 0 Å². The Bertz CT molecular complexity index is 609. The third-order valence-electron chi connectivity index (χ3n) is 3.20. The summed E-state index contributed by atoms with van der Waals surface area (Å²) in [7, 11) is -4.26. The van der Waals surface area contributed by atoms with E-state index in [1.165, 1.54) is 6.07 Å². The molecule has 1 heterocycles. The maximum atomic E-state index is 11.8. The lowest BCUT2D eigenvalue weighted by atomic mass is 10.1. The van der Waals surface area contributed by atoms with Crippen molar-refractivity contribution in [3.63, 3.8) is 0 Å². The van der Waals surface area contributed by atoms with E-state index in [1.54, 1.807) is 17.9 Å². The Balaban J connectivity index is 0.00000180. The average molecular weight is 287 g/mol. The van der Waals surface area contributed by atoms with Crippen LogP contribution in [-0.2, 0) is 14.9 Å². The smallest absolute Gasteiger partial charge is 0.294 e. The zero-order chi connectivity index (χ0) is 13.5. The van der Waals surface area contributed by atoms with Gasteiger partial charge in [0.2, 0.25) is 5.91 Å². The zero-order valence-electron chi connectivity index (χ0n) is 10.8. The molecule has 106 valence electrons. The van der Waals surface area contributed by atoms with Gasteiger partial charge >= 0.3 is 0 Å². The lowest BCUT2D eigenvalue weighted by molar-refractivity contribution is -0.117. The molecular weight excluding hydrogens is 270 g/mol. The molecule has 0 spiro atoms. The number of carbonyl (C=O) groups excluding carboxylic acids is 1. The summed E-state index contributed by atoms with van der Waals surface area (Å²) in [5.74, 6) is -0.00584. The first-order valence-corrected chi connectivity index (χ1v) is 7.14. The molecule has 6 nitrogen and oxygen atoms in total. The zero-order valence-corrected chi connectivity index (χ0v) is 11.6. The van der Waals surface area contributed by atoms with E-state index in [0.717, 1.165) is 12.0 Å². The molecule has 2 rings (SSSR count). The maximum absolute atomic E-state index is 11.8. The van der Waals surface area contributed by atoms with Crippen molar-refractivity contribution in [1.82, 2.24) is 0 Å². The van der Waals surface area contributed by atoms with E-state index in [2.05, 4.69) is 0 Å². The predicted octanol–water partition coefficient (Wildman–Crippen LogP) is 0.852. The van der Waals surface area contributed by atoms with Crippen molar-refractivity contribution in [1.29, 1.82) is 0 Å². The summed E-state index contributed by atoms with van der Waals surface area (Å²) in [6, 6.07) is 2.97. The van der Waals surface area contributed by atoms with Gasteiger partial charge < -0.3 is 10.4 Å². The third kappa shape index (κ3) is 2.78. The minimum atomic E-state index is -4.26. The topological polar surface area (TPSA) is 106 Å². The minimum absolute atomic E-state index is 0. The minimum Gasteiger partial charge on any atom is -0.412 e. The van der Waals surface area contributed by atoms with Gasteiger partial charge in [-0.25, -0.2) is 0 Å². The summed E-state index contributed by atoms with van der Waals surface area (Å²) in [6.07, 6.45) is 1.25. The molecule has 0 saturated carbocycles. The van der Waals surface area contributed by atoms with Crippen molar-refractivity contribution in [3.8, 4) is 0 Å². The number of anilines is 1. The molecule has 3 N–H and O–H groups in total. The number of amides is 1. The molecule has 1 aliphatic heterocycles. The van der Waals surface area contributed by atoms with E-state index in [9.17, 15) is 13.2 Å². The highest BCUT2D eigenvalue weighted by Crippen LogP contribution is 2.32. The van der Waals surface area contributed by atoms with Crippen molar-refractivity contribution in [2.24, 2.45) is 0 Å². The van der Waals surface area contributed by atoms with E-state index in [0.29, 0.717) is 24.2 Å². The molecule has 1 aliphatic rings. The molecule has 1 saturated heterocycles. The summed E-state index contributed by atoms with van der Waals surface area (Å²) < 4.78 is 31.7. The van der Waals surface area contributed by atoms with Gasteiger partial charge in [0.1, 0.15) is 0 Å². The number of hydrogen-bond acceptors (Lipinski definition) is 3. The number of carbonyl (C=O) groups is 1. The van der Waals surface area contributed by atoms with Crippen LogP contribution in [0.1, 0.15) is 24.0 Å². The fourth-order valence-corrected chi connectivity index (χ4v) is 3.12. The van der Waals surface area contributed by atoms with Crippen molar-refractivity contribution < 1.29 is 23.2 Å². The average Bonchev–Trinajstić information content (AvgIpc) is 2.63. The second-order valence-electron chi connectivity index (χ2n) is 4.48. The van der Waals surface area contributed by atoms with Crippen molar-refractivity contribution in [3.05, 3.63) is 23.3 Å². The predicted molar refractivity (Wildman–Crippen MR) is 70.9 cm³/mol. The molecule has 0 bridgehead atoms. The van der Waals surface area contributed by atoms with Gasteiger partial charge in [0.25, 0.3) is 10.1 Å². The molecule has 0 unspecified atom stereocenters. The number of aryl methyl sites for hydroxylation is 1. The van der Waals surface area contributed by atoms with Gasteiger partial charge in [0, 0.05) is 13.0 Å². The summed E-state index contributed by atoms with van der Waals surface area (Å²) in [6.45, 7) is 4.02. The summed E-state index contributed by atoms with van der Waals surface area (Å²) in [5.41, 5.74) is 1.86. The third-order valence-corrected chi connectivity index (χ3v) is 4.20. The molecule has 0 atom stereocenters. The number of benzene rings is 1. The SMILES string of the molecule is Cc1ccc(S(=O)(=O)O)c(C)c1N1CCCC1=O.O. The van der Waals surface area contributed by atoms with Gasteiger partial charge in [-0.3, -0.25) is 9.35 Å². The first kappa shape index (κ1) is 15.6. The Morgan fingerprint density at radius 2 is 1.89 bits per heavy atom. The molecular formula is C12H17NO5S. The van der Waals surface area contributed by atoms with Gasteiger partial charge in [-0.1, -0.05) is 6.07 Å². The second kappa shape index (κ2) is 5.28. The van der Waals surface area contributed by atoms with E-state index in [4.69, 9.17) is 4.55 Å². The Morgan fingerprint density at radius 1 is 1.26 bits per heavy atom. The van der Waals surface area contributed by atoms with Crippen LogP contribution in [-0.4, -0.2) is 30.9 Å². The largest absolute Gasteiger partial charge is 0.412 e. The summed E-state index contributed by atoms with van der Waals surface area (Å²) in [4.78, 5) is 13.2. The van der Waals surface area contributed by atoms with Gasteiger partial charge in [0.05, 0.1) is 10.6 Å². The van der Waals surface area contributed by atoms with Crippen LogP contribution in [0.3, 0.4) is 0 Å². The van der Waals surface area contributed by atoms with E-state index in [1.807, 2.05) is 6.92 Å². The Labute approximate surface area is 112 Å². The summed E-state index contributed by atoms with van der Waals surface area (Å²) in [5, 5.41) is 0. The van der Waals surface area contributed by atoms with Crippen LogP contribution < -0.4 is 4.90 Å². The van der Waals surface area contributed by atoms with Crippen LogP contribution >= 0.6 is 0 Å². The highest BCUT2D eigenvalue weighted by atomic mass is 32.2. The standard InChI is InChI=1S/C12H15NO4S.H2O/c1-8-5-6-10(18(15,16)17)9(2)12(8)13-7-3-4-11(13)14;/h5-6H,3-4,7H2,1-2H3,(H,15,16,17);1H2. The lowest BCUT2D eigenvalue weighted by Gasteiger charge is -2.22. The van der Waals surface area contributed by atoms with Crippen LogP contribution in [0.2, 0.25) is 0 Å². The second-order valence-corrected chi connectivity index (χ2v) is 5.87. The molecule has 19 heavy (non-hydrogen) atoms. The Kier molecular flexibility index (Phi) is 4.34. The Morgan fingerprint density at radius 3 is 2.37 bits per heavy atom. The fraction of sp³-hybridized carbons (Fsp3) is 0.417. The number of hydrogen-bond donors (Lipinski definition) is 1. The fourth-order valence-electron chi connectivity index (χ4n) is 2.40. The maximum Gasteiger partial charge on any atom is 0.294 e. The molecule has 0 radical (unpaired) electrons. The van der Waals surface area contributed by atoms with Crippen LogP contribution in [0.25, 0.3) is 0 Å². The monoisotopic (exact) mass is 287 g/mol. The molecule has 1 aromatic carbocycles. The van der Waals surface area contributed by atoms with Crippen molar-refractivity contribution in [2.75, 3.05) is 11.4 Å². The van der Waals surface area contributed by atoms with Gasteiger partial charge in [-0.05, 0) is 37.5 Å². The molecule has 1 aromatic rings. The highest BCUT2D eigenvalue weighted by Gasteiger charge is 2.27. The molecule has 1 fully saturated rings. The van der Waals surface area contributed by atoms with Crippen molar-refractivity contribution in [2.45, 2.75) is 31.6 Å². The van der Waals surface area contributed by atoms with Crippen LogP contribution in [0.15, 0.2) is 17.0 Å². The van der Waals surface area contributed by atoms with E-state index in [-0.39, 0.29) is 16.3 Å². The van der Waals surface area contributed by atoms with Crippen LogP contribution in [0, 0.1) is 13.8 Å². The van der Waals surface area contributed by atoms with Crippen LogP contribution in [0.4, 0.5) is 5.69 Å². The first-order chi connectivity index (χ1) is 8.32. The Hall–Kier alpha value is -1.44. The highest BCUT2D eigenvalue weighted by molar-refractivity contribution is 7.85. The quantitative estimate of drug-likeness (QED) is 0.814. The van der Waals surface area contributed by atoms with E-state index < -0.39 is 10.1 Å². The molecule has 7 heteroatoms. The lowest BCUT2D eigenvalue weighted by Crippen LogP contribution is -2.26. The number of nitrogens with zero attached hydrogens (tertiary/aromatic N) is 1. The molecule has 0 aromatic heterocycles. The first-order valence-electron chi connectivity index (χ1n) is 5.70. The van der Waals surface area contributed by atoms with Gasteiger partial charge in [-0.15, -0.1) is 0 Å².